The normalized spacial score (nSPS) is 11.9. The van der Waals surface area contributed by atoms with Crippen molar-refractivity contribution in [2.75, 3.05) is 57.9 Å². The van der Waals surface area contributed by atoms with Gasteiger partial charge in [0.15, 0.2) is 0 Å². The molecule has 2 aliphatic rings. The van der Waals surface area contributed by atoms with E-state index >= 15 is 0 Å². The smallest absolute Gasteiger partial charge is 0.336 e. The quantitative estimate of drug-likeness (QED) is 0.0562. The number of carboxylic acid groups (broad SMARTS) is 1. The number of nitrogens with one attached hydrogen (secondary N) is 2. The fourth-order valence-electron chi connectivity index (χ4n) is 5.10. The molecule has 4 rings (SSSR count). The maximum atomic E-state index is 13.2. The largest absolute Gasteiger partial charge is 0.478 e. The van der Waals surface area contributed by atoms with Gasteiger partial charge in [-0.15, -0.1) is 5.17 Å². The molecule has 12 nitrogen and oxygen atoms in total. The topological polar surface area (TPSA) is 172 Å². The Bertz CT molecular complexity index is 1700. The number of hydrogen-bond acceptors (Lipinski definition) is 10. The highest BCUT2D eigenvalue weighted by molar-refractivity contribution is 6.09. The number of hydrogen-bond donors (Lipinski definition) is 5. The van der Waals surface area contributed by atoms with E-state index < -0.39 is 5.97 Å². The van der Waals surface area contributed by atoms with Crippen LogP contribution in [0.15, 0.2) is 51.9 Å². The van der Waals surface area contributed by atoms with Crippen LogP contribution in [0, 0.1) is 13.8 Å². The van der Waals surface area contributed by atoms with Crippen molar-refractivity contribution in [1.82, 2.24) is 10.5 Å². The Morgan fingerprint density at radius 2 is 1.73 bits per heavy atom. The van der Waals surface area contributed by atoms with Gasteiger partial charge in [0, 0.05) is 59.5 Å². The Kier molecular flexibility index (Phi) is 11.6. The highest BCUT2D eigenvalue weighted by Gasteiger charge is 2.24. The predicted octanol–water partition coefficient (Wildman–Crippen LogP) is 4.20. The number of carbonyl (C=O) groups is 2. The van der Waals surface area contributed by atoms with E-state index in [2.05, 4.69) is 15.6 Å². The molecule has 6 N–H and O–H groups in total. The monoisotopic (exact) mass is 619 g/mol. The summed E-state index contributed by atoms with van der Waals surface area (Å²) in [7, 11) is 0. The van der Waals surface area contributed by atoms with Gasteiger partial charge in [-0.05, 0) is 74.7 Å². The van der Waals surface area contributed by atoms with Gasteiger partial charge in [0.25, 0.3) is 5.91 Å². The number of aromatic carboxylic acids is 1. The van der Waals surface area contributed by atoms with Crippen molar-refractivity contribution in [3.05, 3.63) is 70.1 Å². The Morgan fingerprint density at radius 3 is 2.42 bits per heavy atom. The maximum absolute atomic E-state index is 13.2. The first-order valence-electron chi connectivity index (χ1n) is 14.9. The molecule has 0 bridgehead atoms. The SMILES string of the molecule is CCN=c1cc2oc3cc(NCC)c(C)cc3c(-c3cc(C(=O)NCCOCCOCCN(N)O)ccc3C(=O)O)c-2cc1C. The fourth-order valence-corrected chi connectivity index (χ4v) is 5.10. The lowest BCUT2D eigenvalue weighted by atomic mass is 9.88. The van der Waals surface area contributed by atoms with Crippen molar-refractivity contribution in [2.45, 2.75) is 27.7 Å². The number of amides is 1. The summed E-state index contributed by atoms with van der Waals surface area (Å²) in [4.78, 5) is 30.3. The second-order valence-corrected chi connectivity index (χ2v) is 10.5. The second kappa shape index (κ2) is 15.6. The minimum Gasteiger partial charge on any atom is -0.478 e. The van der Waals surface area contributed by atoms with E-state index in [1.807, 2.05) is 52.0 Å². The molecule has 0 saturated carbocycles. The van der Waals surface area contributed by atoms with E-state index in [4.69, 9.17) is 24.9 Å². The van der Waals surface area contributed by atoms with Crippen LogP contribution in [0.3, 0.4) is 0 Å². The number of carboxylic acids is 1. The molecule has 0 fully saturated rings. The van der Waals surface area contributed by atoms with E-state index in [0.717, 1.165) is 39.7 Å². The number of nitrogens with two attached hydrogens (primary N) is 1. The third-order valence-electron chi connectivity index (χ3n) is 7.23. The van der Waals surface area contributed by atoms with Crippen LogP contribution in [-0.2, 0) is 9.47 Å². The summed E-state index contributed by atoms with van der Waals surface area (Å²) >= 11 is 0. The molecule has 1 heterocycles. The first-order valence-corrected chi connectivity index (χ1v) is 14.9. The molecule has 2 aromatic rings. The van der Waals surface area contributed by atoms with Crippen molar-refractivity contribution in [1.29, 1.82) is 0 Å². The van der Waals surface area contributed by atoms with Crippen molar-refractivity contribution in [3.63, 3.8) is 0 Å². The molecule has 1 aliphatic heterocycles. The zero-order valence-electron chi connectivity index (χ0n) is 26.1. The second-order valence-electron chi connectivity index (χ2n) is 10.5. The standard InChI is InChI=1S/C33H41N5O7/c1-5-35-27-18-29-25(15-20(27)3)31(26-16-21(4)28(36-6-2)19-30(26)45-29)24-17-22(7-8-23(24)33(40)41)32(39)37-9-11-43-13-14-44-12-10-38(34)42/h7-8,15-19,35,42H,5-6,9-14,34H2,1-4H3,(H,37,39)(H,40,41). The van der Waals surface area contributed by atoms with E-state index in [1.54, 1.807) is 6.07 Å². The Balaban J connectivity index is 1.72. The third kappa shape index (κ3) is 8.24. The molecular weight excluding hydrogens is 578 g/mol. The third-order valence-corrected chi connectivity index (χ3v) is 7.23. The minimum absolute atomic E-state index is 0.0658. The Morgan fingerprint density at radius 1 is 0.978 bits per heavy atom. The van der Waals surface area contributed by atoms with Crippen LogP contribution in [-0.4, -0.2) is 80.0 Å². The number of hydrazine groups is 1. The maximum Gasteiger partial charge on any atom is 0.336 e. The van der Waals surface area contributed by atoms with Gasteiger partial charge < -0.3 is 29.6 Å². The average molecular weight is 620 g/mol. The van der Waals surface area contributed by atoms with Crippen LogP contribution in [0.5, 0.6) is 0 Å². The predicted molar refractivity (Wildman–Crippen MR) is 172 cm³/mol. The molecular formula is C33H41N5O7. The number of rotatable bonds is 15. The Labute approximate surface area is 261 Å². The number of anilines is 1. The van der Waals surface area contributed by atoms with E-state index in [9.17, 15) is 14.7 Å². The first-order chi connectivity index (χ1) is 21.6. The van der Waals surface area contributed by atoms with Crippen LogP contribution < -0.4 is 21.8 Å². The molecule has 2 aromatic carbocycles. The minimum atomic E-state index is -1.11. The zero-order chi connectivity index (χ0) is 32.5. The lowest BCUT2D eigenvalue weighted by molar-refractivity contribution is -0.108. The zero-order valence-corrected chi connectivity index (χ0v) is 26.1. The molecule has 240 valence electrons. The van der Waals surface area contributed by atoms with Crippen LogP contribution in [0.25, 0.3) is 33.4 Å². The van der Waals surface area contributed by atoms with Crippen molar-refractivity contribution < 1.29 is 33.8 Å². The number of aryl methyl sites for hydroxylation is 2. The van der Waals surface area contributed by atoms with E-state index in [1.165, 1.54) is 12.1 Å². The van der Waals surface area contributed by atoms with Crippen molar-refractivity contribution in [2.24, 2.45) is 10.8 Å². The number of ether oxygens (including phenoxy) is 2. The summed E-state index contributed by atoms with van der Waals surface area (Å²) in [5.74, 6) is 4.20. The highest BCUT2D eigenvalue weighted by atomic mass is 16.5. The number of fused-ring (bicyclic) bond motifs is 2. The molecule has 0 saturated heterocycles. The first kappa shape index (κ1) is 33.6. The summed E-state index contributed by atoms with van der Waals surface area (Å²) in [6.45, 7) is 10.8. The van der Waals surface area contributed by atoms with Gasteiger partial charge in [0.1, 0.15) is 11.3 Å². The van der Waals surface area contributed by atoms with Crippen molar-refractivity contribution >= 4 is 28.5 Å². The molecule has 0 atom stereocenters. The molecule has 1 aliphatic carbocycles. The number of hydroxylamine groups is 1. The number of carbonyl (C=O) groups excluding carboxylic acids is 1. The van der Waals surface area contributed by atoms with Gasteiger partial charge in [-0.1, -0.05) is 0 Å². The molecule has 0 unspecified atom stereocenters. The van der Waals surface area contributed by atoms with Gasteiger partial charge in [-0.2, -0.15) is 0 Å². The van der Waals surface area contributed by atoms with Crippen LogP contribution in [0.1, 0.15) is 45.7 Å². The molecule has 0 aromatic heterocycles. The van der Waals surface area contributed by atoms with Crippen molar-refractivity contribution in [3.8, 4) is 22.5 Å². The van der Waals surface area contributed by atoms with Crippen LogP contribution >= 0.6 is 0 Å². The van der Waals surface area contributed by atoms with E-state index in [0.29, 0.717) is 53.0 Å². The van der Waals surface area contributed by atoms with Crippen LogP contribution in [0.4, 0.5) is 5.69 Å². The summed E-state index contributed by atoms with van der Waals surface area (Å²) in [6.07, 6.45) is 0. The van der Waals surface area contributed by atoms with Gasteiger partial charge in [0.05, 0.1) is 43.9 Å². The van der Waals surface area contributed by atoms with Gasteiger partial charge in [-0.25, -0.2) is 10.6 Å². The molecule has 45 heavy (non-hydrogen) atoms. The number of benzene rings is 3. The Hall–Kier alpha value is -4.33. The van der Waals surface area contributed by atoms with Gasteiger partial charge in [0.2, 0.25) is 0 Å². The van der Waals surface area contributed by atoms with Crippen LogP contribution in [0.2, 0.25) is 0 Å². The van der Waals surface area contributed by atoms with Gasteiger partial charge >= 0.3 is 5.97 Å². The number of nitrogens with zero attached hydrogens (tertiary/aromatic N) is 2. The summed E-state index contributed by atoms with van der Waals surface area (Å²) in [5.41, 5.74) is 5.56. The van der Waals surface area contributed by atoms with E-state index in [-0.39, 0.29) is 37.8 Å². The molecule has 0 radical (unpaired) electrons. The molecule has 12 heteroatoms. The lowest BCUT2D eigenvalue weighted by Crippen LogP contribution is -2.31. The lowest BCUT2D eigenvalue weighted by Gasteiger charge is -2.20. The molecule has 0 spiro atoms. The van der Waals surface area contributed by atoms with Gasteiger partial charge in [-0.3, -0.25) is 15.0 Å². The summed E-state index contributed by atoms with van der Waals surface area (Å²) in [6, 6.07) is 12.3. The molecule has 1 amide bonds. The highest BCUT2D eigenvalue weighted by Crippen LogP contribution is 2.43. The fraction of sp³-hybridized carbons (Fsp3) is 0.364. The summed E-state index contributed by atoms with van der Waals surface area (Å²) < 4.78 is 17.2. The summed E-state index contributed by atoms with van der Waals surface area (Å²) in [5, 5.41) is 27.4. The average Bonchev–Trinajstić information content (AvgIpc) is 3.00.